The van der Waals surface area contributed by atoms with Crippen LogP contribution in [0.1, 0.15) is 16.0 Å². The molecule has 2 amide bonds. The summed E-state index contributed by atoms with van der Waals surface area (Å²) in [5, 5.41) is 5.08. The average molecular weight is 435 g/mol. The van der Waals surface area contributed by atoms with Crippen molar-refractivity contribution in [2.45, 2.75) is 13.8 Å². The molecule has 0 bridgehead atoms. The maximum absolute atomic E-state index is 13.5. The van der Waals surface area contributed by atoms with Crippen LogP contribution in [-0.4, -0.2) is 26.0 Å². The minimum Gasteiger partial charge on any atom is -0.497 e. The Kier molecular flexibility index (Phi) is 5.52. The Balaban J connectivity index is 1.80. The third kappa shape index (κ3) is 3.80. The second kappa shape index (κ2) is 8.28. The number of carbonyl (C=O) groups excluding carboxylic acids is 2. The molecule has 0 atom stereocenters. The van der Waals surface area contributed by atoms with Crippen LogP contribution >= 0.6 is 11.3 Å². The Labute approximate surface area is 184 Å². The summed E-state index contributed by atoms with van der Waals surface area (Å²) >= 11 is 1.41. The highest BCUT2D eigenvalue weighted by atomic mass is 32.1. The lowest BCUT2D eigenvalue weighted by Crippen LogP contribution is -2.32. The number of hydrogen-bond donors (Lipinski definition) is 1. The highest BCUT2D eigenvalue weighted by molar-refractivity contribution is 7.11. The summed E-state index contributed by atoms with van der Waals surface area (Å²) in [5.41, 5.74) is 3.97. The number of amides is 2. The van der Waals surface area contributed by atoms with E-state index in [1.807, 2.05) is 49.6 Å². The number of carbonyl (C=O) groups is 2. The van der Waals surface area contributed by atoms with E-state index >= 15 is 0 Å². The minimum absolute atomic E-state index is 0.248. The molecule has 31 heavy (non-hydrogen) atoms. The number of nitrogens with zero attached hydrogens (tertiary/aromatic N) is 1. The summed E-state index contributed by atoms with van der Waals surface area (Å²) in [6.07, 6.45) is 0. The molecule has 7 heteroatoms. The van der Waals surface area contributed by atoms with Gasteiger partial charge < -0.3 is 14.8 Å². The van der Waals surface area contributed by atoms with Crippen LogP contribution in [0, 0.1) is 13.8 Å². The normalized spacial score (nSPS) is 13.7. The summed E-state index contributed by atoms with van der Waals surface area (Å²) in [6, 6.07) is 14.5. The van der Waals surface area contributed by atoms with Crippen LogP contribution in [0.25, 0.3) is 5.57 Å². The second-order valence-electron chi connectivity index (χ2n) is 7.17. The highest BCUT2D eigenvalue weighted by Gasteiger charge is 2.41. The van der Waals surface area contributed by atoms with Gasteiger partial charge in [-0.2, -0.15) is 0 Å². The zero-order chi connectivity index (χ0) is 22.1. The predicted octanol–water partition coefficient (Wildman–Crippen LogP) is 4.78. The summed E-state index contributed by atoms with van der Waals surface area (Å²) < 4.78 is 10.6. The van der Waals surface area contributed by atoms with E-state index < -0.39 is 11.8 Å². The molecule has 3 aromatic rings. The quantitative estimate of drug-likeness (QED) is 0.566. The lowest BCUT2D eigenvalue weighted by molar-refractivity contribution is -0.120. The fourth-order valence-corrected chi connectivity index (χ4v) is 4.18. The van der Waals surface area contributed by atoms with Gasteiger partial charge in [0.2, 0.25) is 0 Å². The molecular formula is C24H22N2O4S. The Bertz CT molecular complexity index is 1180. The molecule has 1 aliphatic heterocycles. The average Bonchev–Trinajstić information content (AvgIpc) is 3.37. The standard InChI is InChI=1S/C24H22N2O4S/c1-14-7-8-16(10-15(14)2)25-22-21(20-6-5-9-31-20)23(27)26(24(22)28)17-11-18(29-3)13-19(12-17)30-4/h5-13,25H,1-4H3. The third-order valence-electron chi connectivity index (χ3n) is 5.22. The van der Waals surface area contributed by atoms with Crippen molar-refractivity contribution in [2.24, 2.45) is 0 Å². The Morgan fingerprint density at radius 3 is 2.16 bits per heavy atom. The van der Waals surface area contributed by atoms with Crippen LogP contribution < -0.4 is 19.7 Å². The smallest absolute Gasteiger partial charge is 0.282 e. The SMILES string of the molecule is COc1cc(OC)cc(N2C(=O)C(Nc3ccc(C)c(C)c3)=C(c3cccs3)C2=O)c1. The van der Waals surface area contributed by atoms with Gasteiger partial charge in [0.1, 0.15) is 17.2 Å². The second-order valence-corrected chi connectivity index (χ2v) is 8.12. The van der Waals surface area contributed by atoms with Gasteiger partial charge >= 0.3 is 0 Å². The van der Waals surface area contributed by atoms with E-state index in [-0.39, 0.29) is 5.70 Å². The van der Waals surface area contributed by atoms with E-state index in [0.29, 0.717) is 22.8 Å². The van der Waals surface area contributed by atoms with E-state index in [4.69, 9.17) is 9.47 Å². The van der Waals surface area contributed by atoms with Gasteiger partial charge in [-0.05, 0) is 48.6 Å². The molecule has 1 N–H and O–H groups in total. The van der Waals surface area contributed by atoms with Crippen LogP contribution in [-0.2, 0) is 9.59 Å². The maximum atomic E-state index is 13.5. The van der Waals surface area contributed by atoms with Crippen molar-refractivity contribution in [1.29, 1.82) is 0 Å². The van der Waals surface area contributed by atoms with Crippen molar-refractivity contribution in [3.05, 3.63) is 75.6 Å². The molecule has 158 valence electrons. The molecule has 0 unspecified atom stereocenters. The molecule has 2 heterocycles. The van der Waals surface area contributed by atoms with Crippen molar-refractivity contribution in [3.63, 3.8) is 0 Å². The number of thiophene rings is 1. The fourth-order valence-electron chi connectivity index (χ4n) is 3.41. The summed E-state index contributed by atoms with van der Waals surface area (Å²) in [7, 11) is 3.04. The Morgan fingerprint density at radius 1 is 0.871 bits per heavy atom. The lowest BCUT2D eigenvalue weighted by Gasteiger charge is -2.17. The Morgan fingerprint density at radius 2 is 1.58 bits per heavy atom. The summed E-state index contributed by atoms with van der Waals surface area (Å²) in [5.74, 6) is 0.155. The first-order chi connectivity index (χ1) is 14.9. The zero-order valence-electron chi connectivity index (χ0n) is 17.7. The van der Waals surface area contributed by atoms with Crippen LogP contribution in [0.3, 0.4) is 0 Å². The van der Waals surface area contributed by atoms with Crippen LogP contribution in [0.15, 0.2) is 59.6 Å². The number of benzene rings is 2. The van der Waals surface area contributed by atoms with Gasteiger partial charge in [-0.25, -0.2) is 4.90 Å². The van der Waals surface area contributed by atoms with E-state index in [9.17, 15) is 9.59 Å². The minimum atomic E-state index is -0.429. The van der Waals surface area contributed by atoms with Crippen molar-refractivity contribution in [2.75, 3.05) is 24.4 Å². The molecule has 1 aliphatic rings. The molecule has 0 saturated heterocycles. The predicted molar refractivity (Wildman–Crippen MR) is 123 cm³/mol. The maximum Gasteiger partial charge on any atom is 0.282 e. The van der Waals surface area contributed by atoms with Gasteiger partial charge in [0.05, 0.1) is 25.5 Å². The van der Waals surface area contributed by atoms with E-state index in [2.05, 4.69) is 5.32 Å². The zero-order valence-corrected chi connectivity index (χ0v) is 18.5. The molecule has 0 aliphatic carbocycles. The highest BCUT2D eigenvalue weighted by Crippen LogP contribution is 2.38. The van der Waals surface area contributed by atoms with Crippen LogP contribution in [0.5, 0.6) is 11.5 Å². The molecule has 0 spiro atoms. The lowest BCUT2D eigenvalue weighted by atomic mass is 10.1. The number of nitrogens with one attached hydrogen (secondary N) is 1. The van der Waals surface area contributed by atoms with E-state index in [0.717, 1.165) is 26.6 Å². The van der Waals surface area contributed by atoms with Gasteiger partial charge in [-0.15, -0.1) is 11.3 Å². The monoisotopic (exact) mass is 434 g/mol. The van der Waals surface area contributed by atoms with Crippen molar-refractivity contribution >= 4 is 40.1 Å². The molecule has 0 fully saturated rings. The van der Waals surface area contributed by atoms with Crippen LogP contribution in [0.2, 0.25) is 0 Å². The van der Waals surface area contributed by atoms with Crippen molar-refractivity contribution in [1.82, 2.24) is 0 Å². The largest absolute Gasteiger partial charge is 0.497 e. The van der Waals surface area contributed by atoms with E-state index in [1.165, 1.54) is 25.6 Å². The number of anilines is 2. The van der Waals surface area contributed by atoms with Gasteiger partial charge in [0, 0.05) is 28.8 Å². The van der Waals surface area contributed by atoms with Crippen LogP contribution in [0.4, 0.5) is 11.4 Å². The van der Waals surface area contributed by atoms with Gasteiger partial charge in [-0.3, -0.25) is 9.59 Å². The van der Waals surface area contributed by atoms with Gasteiger partial charge in [0.15, 0.2) is 0 Å². The molecule has 4 rings (SSSR count). The van der Waals surface area contributed by atoms with Crippen molar-refractivity contribution < 1.29 is 19.1 Å². The molecule has 2 aromatic carbocycles. The number of aryl methyl sites for hydroxylation is 2. The van der Waals surface area contributed by atoms with Gasteiger partial charge in [-0.1, -0.05) is 12.1 Å². The number of methoxy groups -OCH3 is 2. The molecular weight excluding hydrogens is 412 g/mol. The summed E-state index contributed by atoms with van der Waals surface area (Å²) in [4.78, 5) is 28.8. The first-order valence-electron chi connectivity index (χ1n) is 9.67. The molecule has 0 radical (unpaired) electrons. The first-order valence-corrected chi connectivity index (χ1v) is 10.5. The fraction of sp³-hybridized carbons (Fsp3) is 0.167. The summed E-state index contributed by atoms with van der Waals surface area (Å²) in [6.45, 7) is 4.03. The topological polar surface area (TPSA) is 67.9 Å². The number of imide groups is 1. The number of hydrogen-bond acceptors (Lipinski definition) is 6. The first kappa shape index (κ1) is 20.7. The van der Waals surface area contributed by atoms with Gasteiger partial charge in [0.25, 0.3) is 11.8 Å². The van der Waals surface area contributed by atoms with Crippen molar-refractivity contribution in [3.8, 4) is 11.5 Å². The Hall–Kier alpha value is -3.58. The number of ether oxygens (including phenoxy) is 2. The third-order valence-corrected chi connectivity index (χ3v) is 6.11. The molecule has 6 nitrogen and oxygen atoms in total. The van der Waals surface area contributed by atoms with E-state index in [1.54, 1.807) is 18.2 Å². The number of rotatable bonds is 6. The molecule has 0 saturated carbocycles. The molecule has 1 aromatic heterocycles.